The van der Waals surface area contributed by atoms with E-state index < -0.39 is 10.0 Å². The smallest absolute Gasteiger partial charge is 0.251 e. The van der Waals surface area contributed by atoms with Crippen molar-refractivity contribution >= 4 is 15.9 Å². The van der Waals surface area contributed by atoms with Crippen molar-refractivity contribution in [1.29, 1.82) is 0 Å². The van der Waals surface area contributed by atoms with E-state index in [0.29, 0.717) is 16.8 Å². The molecule has 0 bridgehead atoms. The Morgan fingerprint density at radius 1 is 1.15 bits per heavy atom. The van der Waals surface area contributed by atoms with Crippen molar-refractivity contribution < 1.29 is 13.2 Å². The second-order valence-electron chi connectivity index (χ2n) is 5.88. The number of hydrogen-bond donors (Lipinski definition) is 1. The minimum absolute atomic E-state index is 0.0805. The van der Waals surface area contributed by atoms with Crippen LogP contribution in [0.2, 0.25) is 0 Å². The van der Waals surface area contributed by atoms with Crippen molar-refractivity contribution in [2.24, 2.45) is 0 Å². The summed E-state index contributed by atoms with van der Waals surface area (Å²) >= 11 is 0. The summed E-state index contributed by atoms with van der Waals surface area (Å²) in [5.74, 6) is -0.332. The summed E-state index contributed by atoms with van der Waals surface area (Å²) in [6.45, 7) is 0.0805. The number of tetrazole rings is 1. The first-order valence-electron chi connectivity index (χ1n) is 8.01. The van der Waals surface area contributed by atoms with Gasteiger partial charge >= 0.3 is 0 Å². The van der Waals surface area contributed by atoms with Crippen LogP contribution in [0.15, 0.2) is 59.8 Å². The molecule has 1 heterocycles. The molecule has 1 amide bonds. The van der Waals surface area contributed by atoms with Crippen LogP contribution in [0.3, 0.4) is 0 Å². The first kappa shape index (κ1) is 18.7. The van der Waals surface area contributed by atoms with Crippen LogP contribution < -0.4 is 5.32 Å². The minimum Gasteiger partial charge on any atom is -0.348 e. The SMILES string of the molecule is CN(C)S(=O)(=O)c1ccccc1CNC(=O)c1cccc(-n2cnnn2)c1. The lowest BCUT2D eigenvalue weighted by molar-refractivity contribution is 0.0950. The van der Waals surface area contributed by atoms with Gasteiger partial charge in [0.1, 0.15) is 6.33 Å². The summed E-state index contributed by atoms with van der Waals surface area (Å²) in [4.78, 5) is 12.7. The van der Waals surface area contributed by atoms with Crippen LogP contribution in [0.4, 0.5) is 0 Å². The summed E-state index contributed by atoms with van der Waals surface area (Å²) in [7, 11) is -0.665. The third-order valence-electron chi connectivity index (χ3n) is 3.89. The fourth-order valence-electron chi connectivity index (χ4n) is 2.45. The normalized spacial score (nSPS) is 11.5. The number of sulfonamides is 1. The molecule has 1 N–H and O–H groups in total. The Morgan fingerprint density at radius 3 is 2.63 bits per heavy atom. The number of benzene rings is 2. The van der Waals surface area contributed by atoms with Crippen LogP contribution in [0.5, 0.6) is 0 Å². The molecular weight excluding hydrogens is 368 g/mol. The number of carbonyl (C=O) groups is 1. The Bertz CT molecular complexity index is 1050. The zero-order valence-corrected chi connectivity index (χ0v) is 15.6. The van der Waals surface area contributed by atoms with Gasteiger partial charge in [0.25, 0.3) is 5.91 Å². The van der Waals surface area contributed by atoms with Crippen LogP contribution in [0, 0.1) is 0 Å². The lowest BCUT2D eigenvalue weighted by atomic mass is 10.1. The van der Waals surface area contributed by atoms with Crippen molar-refractivity contribution in [1.82, 2.24) is 29.8 Å². The maximum Gasteiger partial charge on any atom is 0.251 e. The van der Waals surface area contributed by atoms with Crippen molar-refractivity contribution in [3.05, 3.63) is 66.0 Å². The molecule has 0 unspecified atom stereocenters. The largest absolute Gasteiger partial charge is 0.348 e. The molecule has 0 spiro atoms. The lowest BCUT2D eigenvalue weighted by Gasteiger charge is -2.15. The average Bonchev–Trinajstić information content (AvgIpc) is 3.21. The summed E-state index contributed by atoms with van der Waals surface area (Å²) in [5.41, 5.74) is 1.57. The second kappa shape index (κ2) is 7.64. The molecule has 0 atom stereocenters. The van der Waals surface area contributed by atoms with Gasteiger partial charge in [-0.3, -0.25) is 4.79 Å². The number of amides is 1. The molecule has 0 aliphatic carbocycles. The minimum atomic E-state index is -3.60. The number of carbonyl (C=O) groups excluding carboxylic acids is 1. The van der Waals surface area contributed by atoms with E-state index in [-0.39, 0.29) is 17.3 Å². The number of rotatable bonds is 6. The van der Waals surface area contributed by atoms with E-state index in [1.807, 2.05) is 0 Å². The molecule has 3 rings (SSSR count). The molecule has 9 nitrogen and oxygen atoms in total. The van der Waals surface area contributed by atoms with E-state index in [9.17, 15) is 13.2 Å². The lowest BCUT2D eigenvalue weighted by Crippen LogP contribution is -2.27. The highest BCUT2D eigenvalue weighted by Gasteiger charge is 2.21. The molecule has 0 fully saturated rings. The molecule has 10 heteroatoms. The zero-order chi connectivity index (χ0) is 19.4. The molecule has 0 aliphatic rings. The van der Waals surface area contributed by atoms with Gasteiger partial charge in [-0.2, -0.15) is 0 Å². The number of hydrogen-bond acceptors (Lipinski definition) is 6. The van der Waals surface area contributed by atoms with Gasteiger partial charge in [0.2, 0.25) is 10.0 Å². The highest BCUT2D eigenvalue weighted by molar-refractivity contribution is 7.89. The molecule has 0 saturated heterocycles. The number of aromatic nitrogens is 4. The molecule has 0 saturated carbocycles. The Balaban J connectivity index is 1.79. The van der Waals surface area contributed by atoms with E-state index in [2.05, 4.69) is 20.8 Å². The van der Waals surface area contributed by atoms with Crippen LogP contribution in [-0.2, 0) is 16.6 Å². The first-order chi connectivity index (χ1) is 12.9. The molecule has 1 aromatic heterocycles. The summed E-state index contributed by atoms with van der Waals surface area (Å²) in [6.07, 6.45) is 1.43. The first-order valence-corrected chi connectivity index (χ1v) is 9.45. The van der Waals surface area contributed by atoms with Gasteiger partial charge in [-0.15, -0.1) is 5.10 Å². The Morgan fingerprint density at radius 2 is 1.93 bits per heavy atom. The predicted molar refractivity (Wildman–Crippen MR) is 97.6 cm³/mol. The Kier molecular flexibility index (Phi) is 5.28. The van der Waals surface area contributed by atoms with Gasteiger partial charge in [0.15, 0.2) is 0 Å². The number of nitrogens with zero attached hydrogens (tertiary/aromatic N) is 5. The van der Waals surface area contributed by atoms with Gasteiger partial charge in [-0.1, -0.05) is 24.3 Å². The molecular formula is C17H18N6O3S. The average molecular weight is 386 g/mol. The molecule has 0 radical (unpaired) electrons. The standard InChI is InChI=1S/C17H18N6O3S/c1-22(2)27(25,26)16-9-4-3-6-14(16)11-18-17(24)13-7-5-8-15(10-13)23-12-19-20-21-23/h3-10,12H,11H2,1-2H3,(H,18,24). The van der Waals surface area contributed by atoms with E-state index in [4.69, 9.17) is 0 Å². The second-order valence-corrected chi connectivity index (χ2v) is 8.00. The zero-order valence-electron chi connectivity index (χ0n) is 14.8. The third-order valence-corrected chi connectivity index (χ3v) is 5.81. The van der Waals surface area contributed by atoms with Crippen LogP contribution in [0.25, 0.3) is 5.69 Å². The highest BCUT2D eigenvalue weighted by atomic mass is 32.2. The van der Waals surface area contributed by atoms with Crippen molar-refractivity contribution in [2.45, 2.75) is 11.4 Å². The Labute approximate surface area is 156 Å². The quantitative estimate of drug-likeness (QED) is 0.672. The topological polar surface area (TPSA) is 110 Å². The fraction of sp³-hybridized carbons (Fsp3) is 0.176. The van der Waals surface area contributed by atoms with Crippen LogP contribution in [0.1, 0.15) is 15.9 Å². The monoisotopic (exact) mass is 386 g/mol. The van der Waals surface area contributed by atoms with Gasteiger partial charge in [0.05, 0.1) is 10.6 Å². The van der Waals surface area contributed by atoms with E-state index in [1.165, 1.54) is 31.2 Å². The maximum atomic E-state index is 12.5. The fourth-order valence-corrected chi connectivity index (χ4v) is 3.56. The summed E-state index contributed by atoms with van der Waals surface area (Å²) < 4.78 is 27.5. The van der Waals surface area contributed by atoms with E-state index in [1.54, 1.807) is 42.5 Å². The number of nitrogens with one attached hydrogen (secondary N) is 1. The van der Waals surface area contributed by atoms with Gasteiger partial charge < -0.3 is 5.32 Å². The van der Waals surface area contributed by atoms with E-state index >= 15 is 0 Å². The van der Waals surface area contributed by atoms with Crippen LogP contribution >= 0.6 is 0 Å². The van der Waals surface area contributed by atoms with Crippen molar-refractivity contribution in [2.75, 3.05) is 14.1 Å². The van der Waals surface area contributed by atoms with Crippen molar-refractivity contribution in [3.8, 4) is 5.69 Å². The Hall–Kier alpha value is -3.11. The molecule has 3 aromatic rings. The summed E-state index contributed by atoms with van der Waals surface area (Å²) in [6, 6.07) is 13.4. The van der Waals surface area contributed by atoms with Crippen molar-refractivity contribution in [3.63, 3.8) is 0 Å². The highest BCUT2D eigenvalue weighted by Crippen LogP contribution is 2.18. The van der Waals surface area contributed by atoms with Gasteiger partial charge in [-0.25, -0.2) is 17.4 Å². The van der Waals surface area contributed by atoms with Gasteiger partial charge in [0, 0.05) is 26.2 Å². The molecule has 0 aliphatic heterocycles. The molecule has 140 valence electrons. The molecule has 2 aromatic carbocycles. The van der Waals surface area contributed by atoms with E-state index in [0.717, 1.165) is 4.31 Å². The summed E-state index contributed by atoms with van der Waals surface area (Å²) in [5, 5.41) is 13.7. The predicted octanol–water partition coefficient (Wildman–Crippen LogP) is 0.843. The van der Waals surface area contributed by atoms with Crippen LogP contribution in [-0.4, -0.2) is 52.9 Å². The third kappa shape index (κ3) is 4.01. The molecule has 27 heavy (non-hydrogen) atoms. The maximum absolute atomic E-state index is 12.5. The van der Waals surface area contributed by atoms with Gasteiger partial charge in [-0.05, 0) is 40.3 Å².